The van der Waals surface area contributed by atoms with Crippen molar-refractivity contribution < 1.29 is 14.3 Å². The van der Waals surface area contributed by atoms with Crippen molar-refractivity contribution in [1.29, 1.82) is 0 Å². The number of carbonyl (C=O) groups is 1. The second kappa shape index (κ2) is 10.3. The zero-order chi connectivity index (χ0) is 23.0. The number of nitrogens with zero attached hydrogens (tertiary/aromatic N) is 2. The van der Waals surface area contributed by atoms with Crippen molar-refractivity contribution in [3.63, 3.8) is 0 Å². The first-order chi connectivity index (χ1) is 16.1. The maximum absolute atomic E-state index is 12.2. The number of ether oxygens (including phenoxy) is 2. The predicted octanol–water partition coefficient (Wildman–Crippen LogP) is 5.02. The van der Waals surface area contributed by atoms with E-state index >= 15 is 0 Å². The Labute approximate surface area is 192 Å². The molecule has 7 nitrogen and oxygen atoms in total. The molecule has 1 heterocycles. The molecular weight excluding hydrogens is 416 g/mol. The van der Waals surface area contributed by atoms with Crippen LogP contribution in [-0.4, -0.2) is 30.8 Å². The topological polar surface area (TPSA) is 84.8 Å². The normalized spacial score (nSPS) is 10.8. The van der Waals surface area contributed by atoms with E-state index in [9.17, 15) is 4.79 Å². The van der Waals surface area contributed by atoms with Crippen molar-refractivity contribution >= 4 is 34.5 Å². The van der Waals surface area contributed by atoms with Gasteiger partial charge in [0.2, 0.25) is 0 Å². The Morgan fingerprint density at radius 1 is 1.00 bits per heavy atom. The summed E-state index contributed by atoms with van der Waals surface area (Å²) >= 11 is 0. The van der Waals surface area contributed by atoms with Crippen molar-refractivity contribution in [3.8, 4) is 11.5 Å². The first-order valence-electron chi connectivity index (χ1n) is 10.4. The second-order valence-corrected chi connectivity index (χ2v) is 7.37. The molecule has 3 aromatic carbocycles. The smallest absolute Gasteiger partial charge is 0.262 e. The van der Waals surface area contributed by atoms with Crippen LogP contribution in [0.2, 0.25) is 0 Å². The van der Waals surface area contributed by atoms with E-state index in [1.165, 1.54) is 0 Å². The minimum absolute atomic E-state index is 0.132. The number of hydrogen-bond acceptors (Lipinski definition) is 6. The SMILES string of the molecule is COc1cc(/C=N/Nc2ccc3ccccc3n2)ccc1OCC(=O)Nc1ccc(C)cc1. The number of fused-ring (bicyclic) bond motifs is 1. The fourth-order valence-electron chi connectivity index (χ4n) is 3.16. The van der Waals surface area contributed by atoms with E-state index < -0.39 is 0 Å². The third-order valence-electron chi connectivity index (χ3n) is 4.87. The van der Waals surface area contributed by atoms with Crippen LogP contribution in [0.3, 0.4) is 0 Å². The van der Waals surface area contributed by atoms with Crippen molar-refractivity contribution in [2.24, 2.45) is 5.10 Å². The van der Waals surface area contributed by atoms with Gasteiger partial charge in [-0.25, -0.2) is 4.98 Å². The average Bonchev–Trinajstić information content (AvgIpc) is 2.84. The molecule has 0 unspecified atom stereocenters. The molecule has 0 aliphatic rings. The number of carbonyl (C=O) groups excluding carboxylic acids is 1. The number of nitrogens with one attached hydrogen (secondary N) is 2. The Hall–Kier alpha value is -4.39. The summed E-state index contributed by atoms with van der Waals surface area (Å²) < 4.78 is 11.1. The Bertz CT molecular complexity index is 1290. The summed E-state index contributed by atoms with van der Waals surface area (Å²) in [5, 5.41) is 8.12. The number of amides is 1. The average molecular weight is 441 g/mol. The predicted molar refractivity (Wildman–Crippen MR) is 131 cm³/mol. The number of pyridine rings is 1. The van der Waals surface area contributed by atoms with Gasteiger partial charge in [-0.3, -0.25) is 10.2 Å². The third-order valence-corrected chi connectivity index (χ3v) is 4.87. The number of anilines is 2. The van der Waals surface area contributed by atoms with Crippen molar-refractivity contribution in [3.05, 3.63) is 90.0 Å². The summed E-state index contributed by atoms with van der Waals surface area (Å²) in [6.07, 6.45) is 1.66. The van der Waals surface area contributed by atoms with E-state index in [0.717, 1.165) is 27.7 Å². The highest BCUT2D eigenvalue weighted by Gasteiger charge is 2.09. The molecule has 7 heteroatoms. The Kier molecular flexibility index (Phi) is 6.80. The second-order valence-electron chi connectivity index (χ2n) is 7.37. The number of benzene rings is 3. The lowest BCUT2D eigenvalue weighted by molar-refractivity contribution is -0.118. The Morgan fingerprint density at radius 3 is 2.64 bits per heavy atom. The monoisotopic (exact) mass is 440 g/mol. The van der Waals surface area contributed by atoms with E-state index in [4.69, 9.17) is 9.47 Å². The molecule has 4 aromatic rings. The van der Waals surface area contributed by atoms with Crippen LogP contribution in [0, 0.1) is 6.92 Å². The van der Waals surface area contributed by atoms with Gasteiger partial charge in [0.15, 0.2) is 18.1 Å². The molecule has 4 rings (SSSR count). The molecule has 1 amide bonds. The highest BCUT2D eigenvalue weighted by atomic mass is 16.5. The molecule has 0 radical (unpaired) electrons. The van der Waals surface area contributed by atoms with E-state index in [0.29, 0.717) is 17.3 Å². The van der Waals surface area contributed by atoms with Crippen LogP contribution in [0.25, 0.3) is 10.9 Å². The molecule has 33 heavy (non-hydrogen) atoms. The summed E-state index contributed by atoms with van der Waals surface area (Å²) in [5.74, 6) is 1.37. The van der Waals surface area contributed by atoms with Gasteiger partial charge in [0, 0.05) is 11.1 Å². The van der Waals surface area contributed by atoms with Crippen LogP contribution in [-0.2, 0) is 4.79 Å². The molecule has 2 N–H and O–H groups in total. The van der Waals surface area contributed by atoms with E-state index in [1.807, 2.05) is 73.7 Å². The lowest BCUT2D eigenvalue weighted by Crippen LogP contribution is -2.20. The zero-order valence-electron chi connectivity index (χ0n) is 18.4. The maximum Gasteiger partial charge on any atom is 0.262 e. The molecule has 0 bridgehead atoms. The minimum atomic E-state index is -0.251. The van der Waals surface area contributed by atoms with Crippen LogP contribution in [0.5, 0.6) is 11.5 Å². The highest BCUT2D eigenvalue weighted by Crippen LogP contribution is 2.27. The van der Waals surface area contributed by atoms with E-state index in [1.54, 1.807) is 25.5 Å². The van der Waals surface area contributed by atoms with Crippen molar-refractivity contribution in [2.75, 3.05) is 24.5 Å². The van der Waals surface area contributed by atoms with Gasteiger partial charge in [-0.2, -0.15) is 5.10 Å². The number of hydrazone groups is 1. The van der Waals surface area contributed by atoms with Crippen molar-refractivity contribution in [1.82, 2.24) is 4.98 Å². The van der Waals surface area contributed by atoms with Gasteiger partial charge in [0.25, 0.3) is 5.91 Å². The van der Waals surface area contributed by atoms with Crippen molar-refractivity contribution in [2.45, 2.75) is 6.92 Å². The number of methoxy groups -OCH3 is 1. The number of aromatic nitrogens is 1. The number of hydrogen-bond donors (Lipinski definition) is 2. The van der Waals surface area contributed by atoms with Crippen LogP contribution in [0.1, 0.15) is 11.1 Å². The Morgan fingerprint density at radius 2 is 1.82 bits per heavy atom. The third kappa shape index (κ3) is 5.86. The van der Waals surface area contributed by atoms with Gasteiger partial charge in [-0.1, -0.05) is 35.9 Å². The zero-order valence-corrected chi connectivity index (χ0v) is 18.4. The molecule has 0 saturated carbocycles. The molecule has 0 atom stereocenters. The van der Waals surface area contributed by atoms with Gasteiger partial charge in [-0.15, -0.1) is 0 Å². The largest absolute Gasteiger partial charge is 0.493 e. The van der Waals surface area contributed by atoms with Gasteiger partial charge in [0.05, 0.1) is 18.8 Å². The molecule has 0 aliphatic heterocycles. The standard InChI is InChI=1S/C26H24N4O3/c1-18-7-11-21(12-8-18)28-26(31)17-33-23-13-9-19(15-24(23)32-2)16-27-30-25-14-10-20-5-3-4-6-22(20)29-25/h3-16H,17H2,1-2H3,(H,28,31)(H,29,30)/b27-16+. The molecular formula is C26H24N4O3. The van der Waals surface area contributed by atoms with Gasteiger partial charge < -0.3 is 14.8 Å². The number of rotatable bonds is 8. The molecule has 0 saturated heterocycles. The summed E-state index contributed by atoms with van der Waals surface area (Å²) in [4.78, 5) is 16.7. The van der Waals surface area contributed by atoms with Crippen LogP contribution in [0.15, 0.2) is 84.0 Å². The lowest BCUT2D eigenvalue weighted by Gasteiger charge is -2.11. The van der Waals surface area contributed by atoms with E-state index in [2.05, 4.69) is 20.8 Å². The summed E-state index contributed by atoms with van der Waals surface area (Å²) in [6, 6.07) is 24.7. The molecule has 0 spiro atoms. The fourth-order valence-corrected chi connectivity index (χ4v) is 3.16. The minimum Gasteiger partial charge on any atom is -0.493 e. The summed E-state index contributed by atoms with van der Waals surface area (Å²) in [7, 11) is 1.55. The molecule has 166 valence electrons. The highest BCUT2D eigenvalue weighted by molar-refractivity contribution is 5.92. The van der Waals surface area contributed by atoms with E-state index in [-0.39, 0.29) is 12.5 Å². The molecule has 0 aliphatic carbocycles. The molecule has 1 aromatic heterocycles. The van der Waals surface area contributed by atoms with Gasteiger partial charge >= 0.3 is 0 Å². The maximum atomic E-state index is 12.2. The first kappa shape index (κ1) is 21.8. The quantitative estimate of drug-likeness (QED) is 0.297. The molecule has 0 fully saturated rings. The fraction of sp³-hybridized carbons (Fsp3) is 0.115. The van der Waals surface area contributed by atoms with Gasteiger partial charge in [-0.05, 0) is 61.0 Å². The van der Waals surface area contributed by atoms with Crippen LogP contribution >= 0.6 is 0 Å². The Balaban J connectivity index is 1.35. The van der Waals surface area contributed by atoms with Crippen LogP contribution in [0.4, 0.5) is 11.5 Å². The summed E-state index contributed by atoms with van der Waals surface area (Å²) in [5.41, 5.74) is 6.48. The summed E-state index contributed by atoms with van der Waals surface area (Å²) in [6.45, 7) is 1.86. The van der Waals surface area contributed by atoms with Crippen LogP contribution < -0.4 is 20.2 Å². The number of para-hydroxylation sites is 1. The lowest BCUT2D eigenvalue weighted by atomic mass is 10.2. The first-order valence-corrected chi connectivity index (χ1v) is 10.4. The number of aryl methyl sites for hydroxylation is 1. The van der Waals surface area contributed by atoms with Gasteiger partial charge in [0.1, 0.15) is 5.82 Å².